The van der Waals surface area contributed by atoms with E-state index in [4.69, 9.17) is 0 Å². The first-order valence-corrected chi connectivity index (χ1v) is 2.23. The third-order valence-corrected chi connectivity index (χ3v) is 0.824. The van der Waals surface area contributed by atoms with Crippen molar-refractivity contribution in [3.63, 3.8) is 0 Å². The molecule has 1 radical (unpaired) electrons. The Bertz CT molecular complexity index is 145. The molecule has 0 fully saturated rings. The van der Waals surface area contributed by atoms with E-state index >= 15 is 0 Å². The quantitative estimate of drug-likeness (QED) is 0.487. The summed E-state index contributed by atoms with van der Waals surface area (Å²) in [6.07, 6.45) is 0. The van der Waals surface area contributed by atoms with Gasteiger partial charge in [0.05, 0.1) is 0 Å². The lowest BCUT2D eigenvalue weighted by molar-refractivity contribution is -0.268. The lowest BCUT2D eigenvalue weighted by Gasteiger charge is -1.99. The van der Waals surface area contributed by atoms with Crippen LogP contribution < -0.4 is 5.11 Å². The van der Waals surface area contributed by atoms with Gasteiger partial charge in [-0.2, -0.15) is 0 Å². The Balaban J connectivity index is 3.03. The van der Waals surface area contributed by atoms with Crippen LogP contribution in [0.2, 0.25) is 0 Å². The Morgan fingerprint density at radius 1 is 1.12 bits per heavy atom. The summed E-state index contributed by atoms with van der Waals surface area (Å²) >= 11 is 0. The summed E-state index contributed by atoms with van der Waals surface area (Å²) in [5.41, 5.74) is 0. The molecule has 0 amide bonds. The maximum Gasteiger partial charge on any atom is 0.178 e. The van der Waals surface area contributed by atoms with Gasteiger partial charge in [-0.3, -0.25) is 5.11 Å². The predicted octanol–water partition coefficient (Wildman–Crippen LogP) is 0.904. The van der Waals surface area contributed by atoms with E-state index in [1.165, 1.54) is 24.3 Å². The molecule has 0 aromatic heterocycles. The fourth-order valence-electron chi connectivity index (χ4n) is 0.440. The van der Waals surface area contributed by atoms with Crippen molar-refractivity contribution in [3.05, 3.63) is 24.3 Å². The molecule has 41 valence electrons. The molecular weight excluding hydrogens is 104 g/mol. The van der Waals surface area contributed by atoms with Gasteiger partial charge in [0.1, 0.15) is 0 Å². The summed E-state index contributed by atoms with van der Waals surface area (Å²) in [6, 6.07) is 5.01. The van der Waals surface area contributed by atoms with Gasteiger partial charge in [-0.15, -0.1) is 5.75 Å². The van der Waals surface area contributed by atoms with E-state index in [1.807, 2.05) is 0 Å². The number of rotatable bonds is 0. The molecule has 0 bridgehead atoms. The molecule has 1 rings (SSSR count). The van der Waals surface area contributed by atoms with Crippen molar-refractivity contribution < 1.29 is 10.2 Å². The van der Waals surface area contributed by atoms with Crippen molar-refractivity contribution in [1.29, 1.82) is 0 Å². The van der Waals surface area contributed by atoms with Gasteiger partial charge in [0.15, 0.2) is 5.75 Å². The van der Waals surface area contributed by atoms with Gasteiger partial charge in [0.2, 0.25) is 0 Å². The summed E-state index contributed by atoms with van der Waals surface area (Å²) in [6.45, 7) is 0. The van der Waals surface area contributed by atoms with Crippen LogP contribution >= 0.6 is 0 Å². The molecule has 8 heavy (non-hydrogen) atoms. The lowest BCUT2D eigenvalue weighted by Crippen LogP contribution is -1.85. The second kappa shape index (κ2) is 1.74. The molecule has 0 aliphatic heterocycles. The van der Waals surface area contributed by atoms with Gasteiger partial charge in [-0.25, -0.2) is 0 Å². The van der Waals surface area contributed by atoms with E-state index < -0.39 is 0 Å². The van der Waals surface area contributed by atoms with Crippen LogP contribution in [0.4, 0.5) is 0 Å². The van der Waals surface area contributed by atoms with Crippen LogP contribution in [-0.2, 0) is 5.11 Å². The van der Waals surface area contributed by atoms with Crippen molar-refractivity contribution >= 4 is 0 Å². The van der Waals surface area contributed by atoms with Crippen molar-refractivity contribution in [2.24, 2.45) is 0 Å². The molecule has 2 heteroatoms. The SMILES string of the molecule is [O]c1ccc([O-])cc1. The molecule has 0 saturated heterocycles. The summed E-state index contributed by atoms with van der Waals surface area (Å²) in [5, 5.41) is 20.6. The van der Waals surface area contributed by atoms with Crippen molar-refractivity contribution in [2.45, 2.75) is 0 Å². The molecule has 0 atom stereocenters. The van der Waals surface area contributed by atoms with E-state index in [2.05, 4.69) is 0 Å². The molecule has 0 saturated carbocycles. The third kappa shape index (κ3) is 0.904. The smallest absolute Gasteiger partial charge is 0.178 e. The average molecular weight is 108 g/mol. The highest BCUT2D eigenvalue weighted by Crippen LogP contribution is 2.11. The normalized spacial score (nSPS) is 9.00. The first kappa shape index (κ1) is 4.97. The summed E-state index contributed by atoms with van der Waals surface area (Å²) < 4.78 is 0. The second-order valence-electron chi connectivity index (χ2n) is 1.47. The van der Waals surface area contributed by atoms with E-state index in [-0.39, 0.29) is 11.5 Å². The van der Waals surface area contributed by atoms with E-state index in [9.17, 15) is 10.2 Å². The van der Waals surface area contributed by atoms with Gasteiger partial charge in [-0.05, 0) is 12.1 Å². The van der Waals surface area contributed by atoms with Gasteiger partial charge in [-0.1, -0.05) is 12.1 Å². The van der Waals surface area contributed by atoms with Crippen LogP contribution in [0.1, 0.15) is 0 Å². The highest BCUT2D eigenvalue weighted by molar-refractivity contribution is 5.27. The highest BCUT2D eigenvalue weighted by atomic mass is 16.3. The van der Waals surface area contributed by atoms with Crippen molar-refractivity contribution in [2.75, 3.05) is 0 Å². The highest BCUT2D eigenvalue weighted by Gasteiger charge is 1.81. The number of benzene rings is 1. The summed E-state index contributed by atoms with van der Waals surface area (Å²) in [7, 11) is 0. The Kier molecular flexibility index (Phi) is 1.08. The average Bonchev–Trinajstić information content (AvgIpc) is 1.77. The molecule has 0 aliphatic rings. The zero-order valence-corrected chi connectivity index (χ0v) is 4.13. The molecule has 1 aromatic rings. The molecule has 1 aromatic carbocycles. The number of hydrogen-bond donors (Lipinski definition) is 0. The predicted molar refractivity (Wildman–Crippen MR) is 26.0 cm³/mol. The Morgan fingerprint density at radius 3 is 2.00 bits per heavy atom. The van der Waals surface area contributed by atoms with E-state index in [0.29, 0.717) is 0 Å². The molecule has 0 unspecified atom stereocenters. The monoisotopic (exact) mass is 108 g/mol. The van der Waals surface area contributed by atoms with Crippen molar-refractivity contribution in [3.8, 4) is 11.5 Å². The van der Waals surface area contributed by atoms with Gasteiger partial charge in [0.25, 0.3) is 0 Å². The molecule has 0 N–H and O–H groups in total. The van der Waals surface area contributed by atoms with E-state index in [1.54, 1.807) is 0 Å². The zero-order chi connectivity index (χ0) is 5.98. The fourth-order valence-corrected chi connectivity index (χ4v) is 0.440. The minimum absolute atomic E-state index is 0.121. The minimum Gasteiger partial charge on any atom is -0.872 e. The first-order chi connectivity index (χ1) is 3.79. The fraction of sp³-hybridized carbons (Fsp3) is 0. The molecule has 0 aliphatic carbocycles. The van der Waals surface area contributed by atoms with Crippen LogP contribution in [0.5, 0.6) is 11.5 Å². The van der Waals surface area contributed by atoms with Crippen LogP contribution in [0.15, 0.2) is 24.3 Å². The molecule has 2 nitrogen and oxygen atoms in total. The lowest BCUT2D eigenvalue weighted by atomic mass is 10.3. The van der Waals surface area contributed by atoms with Crippen molar-refractivity contribution in [1.82, 2.24) is 0 Å². The number of hydrogen-bond acceptors (Lipinski definition) is 1. The Labute approximate surface area is 47.0 Å². The van der Waals surface area contributed by atoms with Crippen LogP contribution in [-0.4, -0.2) is 0 Å². The zero-order valence-electron chi connectivity index (χ0n) is 4.13. The topological polar surface area (TPSA) is 43.0 Å². The molecular formula is C6H4O2-. The molecule has 0 spiro atoms. The van der Waals surface area contributed by atoms with Gasteiger partial charge < -0.3 is 5.11 Å². The standard InChI is InChI=1S/C6H5O2/c7-5-1-2-6(8)4-3-5/h1-4,7H/p-1. The Morgan fingerprint density at radius 2 is 1.62 bits per heavy atom. The second-order valence-corrected chi connectivity index (χ2v) is 1.47. The third-order valence-electron chi connectivity index (χ3n) is 0.824. The maximum atomic E-state index is 10.3. The summed E-state index contributed by atoms with van der Waals surface area (Å²) in [4.78, 5) is 0. The minimum atomic E-state index is -0.121. The largest absolute Gasteiger partial charge is 0.872 e. The van der Waals surface area contributed by atoms with Crippen LogP contribution in [0, 0.1) is 0 Å². The Hall–Kier alpha value is -1.18. The molecule has 0 heterocycles. The maximum absolute atomic E-state index is 10.3. The van der Waals surface area contributed by atoms with E-state index in [0.717, 1.165) is 0 Å². The van der Waals surface area contributed by atoms with Gasteiger partial charge in [0, 0.05) is 0 Å². The van der Waals surface area contributed by atoms with Crippen LogP contribution in [0.25, 0.3) is 0 Å². The van der Waals surface area contributed by atoms with Gasteiger partial charge >= 0.3 is 0 Å². The summed E-state index contributed by atoms with van der Waals surface area (Å²) in [5.74, 6) is -0.241. The van der Waals surface area contributed by atoms with Crippen LogP contribution in [0.3, 0.4) is 0 Å². The first-order valence-electron chi connectivity index (χ1n) is 2.23.